The third kappa shape index (κ3) is 5.04. The number of aromatic nitrogens is 2. The Labute approximate surface area is 207 Å². The summed E-state index contributed by atoms with van der Waals surface area (Å²) in [7, 11) is 0. The van der Waals surface area contributed by atoms with Crippen LogP contribution in [0.5, 0.6) is 0 Å². The highest BCUT2D eigenvalue weighted by Gasteiger charge is 2.43. The van der Waals surface area contributed by atoms with Gasteiger partial charge in [0.1, 0.15) is 0 Å². The van der Waals surface area contributed by atoms with E-state index in [1.54, 1.807) is 12.5 Å². The molecule has 1 aromatic carbocycles. The molecule has 35 heavy (non-hydrogen) atoms. The SMILES string of the molecule is CC1(C)CC(=O)C2=C(C1)Nc1ccccc1N(CC(=O)NCCc1cnc[nH]1)C2C1CC=CCC1. The molecule has 7 nitrogen and oxygen atoms in total. The third-order valence-electron chi connectivity index (χ3n) is 7.39. The van der Waals surface area contributed by atoms with E-state index in [4.69, 9.17) is 0 Å². The summed E-state index contributed by atoms with van der Waals surface area (Å²) in [4.78, 5) is 36.2. The van der Waals surface area contributed by atoms with E-state index in [0.717, 1.165) is 54.0 Å². The van der Waals surface area contributed by atoms with Crippen molar-refractivity contribution in [3.63, 3.8) is 0 Å². The van der Waals surface area contributed by atoms with Crippen LogP contribution >= 0.6 is 0 Å². The summed E-state index contributed by atoms with van der Waals surface area (Å²) in [6, 6.07) is 8.01. The van der Waals surface area contributed by atoms with Crippen molar-refractivity contribution in [1.82, 2.24) is 15.3 Å². The maximum Gasteiger partial charge on any atom is 0.239 e. The van der Waals surface area contributed by atoms with Gasteiger partial charge in [-0.2, -0.15) is 0 Å². The molecule has 2 aromatic rings. The Morgan fingerprint density at radius 1 is 1.23 bits per heavy atom. The molecule has 7 heteroatoms. The lowest BCUT2D eigenvalue weighted by molar-refractivity contribution is -0.120. The van der Waals surface area contributed by atoms with Crippen molar-refractivity contribution in [3.05, 3.63) is 65.9 Å². The van der Waals surface area contributed by atoms with E-state index in [-0.39, 0.29) is 35.6 Å². The molecule has 0 saturated carbocycles. The molecule has 2 atom stereocenters. The smallest absolute Gasteiger partial charge is 0.239 e. The predicted molar refractivity (Wildman–Crippen MR) is 138 cm³/mol. The number of carbonyl (C=O) groups excluding carboxylic acids is 2. The standard InChI is InChI=1S/C28H35N5O2/c1-28(2)14-22-26(24(34)15-28)27(19-8-4-3-5-9-19)33(23-11-7-6-10-21(23)32-22)17-25(35)30-13-12-20-16-29-18-31-20/h3-4,6-7,10-11,16,18-19,27,32H,5,8-9,12-15,17H2,1-2H3,(H,29,31)(H,30,35). The first-order valence-electron chi connectivity index (χ1n) is 12.7. The highest BCUT2D eigenvalue weighted by molar-refractivity contribution is 6.01. The number of carbonyl (C=O) groups is 2. The first kappa shape index (κ1) is 23.4. The first-order valence-corrected chi connectivity index (χ1v) is 12.7. The van der Waals surface area contributed by atoms with Gasteiger partial charge in [0.25, 0.3) is 0 Å². The van der Waals surface area contributed by atoms with Crippen molar-refractivity contribution in [2.45, 2.75) is 58.4 Å². The molecule has 1 aromatic heterocycles. The van der Waals surface area contributed by atoms with Crippen molar-refractivity contribution in [3.8, 4) is 0 Å². The minimum absolute atomic E-state index is 0.0386. The summed E-state index contributed by atoms with van der Waals surface area (Å²) < 4.78 is 0. The second kappa shape index (κ2) is 9.72. The number of para-hydroxylation sites is 2. The van der Waals surface area contributed by atoms with Crippen LogP contribution in [0.4, 0.5) is 11.4 Å². The zero-order valence-electron chi connectivity index (χ0n) is 20.6. The maximum atomic E-state index is 13.7. The number of aromatic amines is 1. The number of Topliss-reactive ketones (excluding diaryl/α,β-unsaturated/α-hetero) is 1. The number of H-pyrrole nitrogens is 1. The molecule has 0 fully saturated rings. The van der Waals surface area contributed by atoms with Crippen LogP contribution in [0.3, 0.4) is 0 Å². The highest BCUT2D eigenvalue weighted by atomic mass is 16.2. The van der Waals surface area contributed by atoms with E-state index >= 15 is 0 Å². The van der Waals surface area contributed by atoms with Crippen molar-refractivity contribution in [1.29, 1.82) is 0 Å². The van der Waals surface area contributed by atoms with Crippen LogP contribution < -0.4 is 15.5 Å². The number of hydrogen-bond donors (Lipinski definition) is 3. The average Bonchev–Trinajstić information content (AvgIpc) is 3.30. The summed E-state index contributed by atoms with van der Waals surface area (Å²) in [6.45, 7) is 5.07. The van der Waals surface area contributed by atoms with Crippen LogP contribution in [0.25, 0.3) is 0 Å². The quantitative estimate of drug-likeness (QED) is 0.542. The summed E-state index contributed by atoms with van der Waals surface area (Å²) in [5.41, 5.74) is 4.76. The second-order valence-corrected chi connectivity index (χ2v) is 10.8. The largest absolute Gasteiger partial charge is 0.357 e. The molecule has 3 N–H and O–H groups in total. The number of benzene rings is 1. The number of amides is 1. The van der Waals surface area contributed by atoms with Gasteiger partial charge in [-0.05, 0) is 49.1 Å². The Morgan fingerprint density at radius 3 is 2.86 bits per heavy atom. The molecule has 5 rings (SSSR count). The number of fused-ring (bicyclic) bond motifs is 1. The van der Waals surface area contributed by atoms with E-state index < -0.39 is 0 Å². The number of allylic oxidation sites excluding steroid dienone is 3. The van der Waals surface area contributed by atoms with Crippen LogP contribution in [0.1, 0.15) is 51.6 Å². The Bertz CT molecular complexity index is 1150. The molecule has 0 radical (unpaired) electrons. The fourth-order valence-corrected chi connectivity index (χ4v) is 5.83. The van der Waals surface area contributed by atoms with Gasteiger partial charge in [0.05, 0.1) is 30.3 Å². The molecule has 0 spiro atoms. The molecular formula is C28H35N5O2. The lowest BCUT2D eigenvalue weighted by atomic mass is 9.71. The summed E-state index contributed by atoms with van der Waals surface area (Å²) in [5.74, 6) is 0.449. The first-order chi connectivity index (χ1) is 16.9. The van der Waals surface area contributed by atoms with Crippen LogP contribution in [0, 0.1) is 11.3 Å². The van der Waals surface area contributed by atoms with Gasteiger partial charge < -0.3 is 20.5 Å². The van der Waals surface area contributed by atoms with Crippen molar-refractivity contribution >= 4 is 23.1 Å². The number of nitrogens with one attached hydrogen (secondary N) is 3. The number of anilines is 2. The van der Waals surface area contributed by atoms with Crippen LogP contribution in [0.15, 0.2) is 60.2 Å². The fourth-order valence-electron chi connectivity index (χ4n) is 5.83. The Balaban J connectivity index is 1.49. The summed E-state index contributed by atoms with van der Waals surface area (Å²) >= 11 is 0. The molecule has 0 saturated heterocycles. The molecule has 2 unspecified atom stereocenters. The number of imidazole rings is 1. The Hall–Kier alpha value is -3.35. The Morgan fingerprint density at radius 2 is 2.09 bits per heavy atom. The summed E-state index contributed by atoms with van der Waals surface area (Å²) in [5, 5.41) is 6.71. The van der Waals surface area contributed by atoms with Gasteiger partial charge in [-0.25, -0.2) is 4.98 Å². The van der Waals surface area contributed by atoms with Gasteiger partial charge >= 0.3 is 0 Å². The molecule has 0 bridgehead atoms. The topological polar surface area (TPSA) is 90.1 Å². The van der Waals surface area contributed by atoms with Gasteiger partial charge in [0.2, 0.25) is 5.91 Å². The van der Waals surface area contributed by atoms with Gasteiger partial charge in [0, 0.05) is 42.5 Å². The van der Waals surface area contributed by atoms with Crippen LogP contribution in [-0.4, -0.2) is 40.8 Å². The van der Waals surface area contributed by atoms with Gasteiger partial charge in [-0.15, -0.1) is 0 Å². The zero-order chi connectivity index (χ0) is 24.4. The number of rotatable bonds is 6. The minimum atomic E-state index is -0.131. The van der Waals surface area contributed by atoms with Crippen molar-refractivity contribution in [2.75, 3.05) is 23.3 Å². The van der Waals surface area contributed by atoms with E-state index in [1.807, 2.05) is 12.1 Å². The van der Waals surface area contributed by atoms with E-state index in [1.165, 1.54) is 0 Å². The summed E-state index contributed by atoms with van der Waals surface area (Å²) in [6.07, 6.45) is 12.9. The van der Waals surface area contributed by atoms with E-state index in [0.29, 0.717) is 19.4 Å². The number of nitrogens with zero attached hydrogens (tertiary/aromatic N) is 2. The second-order valence-electron chi connectivity index (χ2n) is 10.8. The number of hydrogen-bond acceptors (Lipinski definition) is 5. The molecule has 3 aliphatic rings. The molecule has 1 aliphatic heterocycles. The third-order valence-corrected chi connectivity index (χ3v) is 7.39. The monoisotopic (exact) mass is 473 g/mol. The fraction of sp³-hybridized carbons (Fsp3) is 0.464. The normalized spacial score (nSPS) is 23.3. The van der Waals surface area contributed by atoms with Crippen LogP contribution in [-0.2, 0) is 16.0 Å². The zero-order valence-corrected chi connectivity index (χ0v) is 20.6. The predicted octanol–water partition coefficient (Wildman–Crippen LogP) is 4.37. The van der Waals surface area contributed by atoms with Gasteiger partial charge in [-0.1, -0.05) is 38.1 Å². The van der Waals surface area contributed by atoms with E-state index in [9.17, 15) is 9.59 Å². The number of ketones is 1. The average molecular weight is 474 g/mol. The molecule has 2 heterocycles. The maximum absolute atomic E-state index is 13.7. The molecular weight excluding hydrogens is 438 g/mol. The van der Waals surface area contributed by atoms with E-state index in [2.05, 4.69) is 63.6 Å². The minimum Gasteiger partial charge on any atom is -0.357 e. The molecule has 1 amide bonds. The molecule has 2 aliphatic carbocycles. The molecule has 184 valence electrons. The van der Waals surface area contributed by atoms with Gasteiger partial charge in [-0.3, -0.25) is 9.59 Å². The lowest BCUT2D eigenvalue weighted by Crippen LogP contribution is -2.50. The van der Waals surface area contributed by atoms with Crippen LogP contribution in [0.2, 0.25) is 0 Å². The van der Waals surface area contributed by atoms with Crippen molar-refractivity contribution in [2.24, 2.45) is 11.3 Å². The van der Waals surface area contributed by atoms with Crippen molar-refractivity contribution < 1.29 is 9.59 Å². The Kier molecular flexibility index (Phi) is 6.50. The van der Waals surface area contributed by atoms with Gasteiger partial charge in [0.15, 0.2) is 5.78 Å². The lowest BCUT2D eigenvalue weighted by Gasteiger charge is -2.41. The highest BCUT2D eigenvalue weighted by Crippen LogP contribution is 2.46.